The normalized spacial score (nSPS) is 18.2. The van der Waals surface area contributed by atoms with E-state index in [2.05, 4.69) is 24.4 Å². The Morgan fingerprint density at radius 3 is 2.26 bits per heavy atom. The fourth-order valence-corrected chi connectivity index (χ4v) is 4.22. The highest BCUT2D eigenvalue weighted by atomic mass is 16.6. The molecule has 2 atom stereocenters. The summed E-state index contributed by atoms with van der Waals surface area (Å²) in [7, 11) is 0. The van der Waals surface area contributed by atoms with Crippen molar-refractivity contribution in [2.45, 2.75) is 122 Å². The van der Waals surface area contributed by atoms with E-state index in [-0.39, 0.29) is 24.8 Å². The first-order chi connectivity index (χ1) is 16.8. The highest BCUT2D eigenvalue weighted by Crippen LogP contribution is 2.19. The van der Waals surface area contributed by atoms with Crippen LogP contribution in [0.2, 0.25) is 0 Å². The number of carbonyl (C=O) groups excluding carboxylic acids is 1. The molecule has 0 spiro atoms. The van der Waals surface area contributed by atoms with E-state index in [0.717, 1.165) is 38.8 Å². The van der Waals surface area contributed by atoms with Crippen molar-refractivity contribution in [1.82, 2.24) is 5.32 Å². The van der Waals surface area contributed by atoms with E-state index < -0.39 is 0 Å². The molecule has 0 aromatic heterocycles. The number of ether oxygens (including phenoxy) is 3. The van der Waals surface area contributed by atoms with Crippen LogP contribution in [-0.4, -0.2) is 62.8 Å². The summed E-state index contributed by atoms with van der Waals surface area (Å²) in [5, 5.41) is 12.0. The summed E-state index contributed by atoms with van der Waals surface area (Å²) >= 11 is 0. The molecule has 0 bridgehead atoms. The number of nitrogens with one attached hydrogen (secondary N) is 1. The Morgan fingerprint density at radius 2 is 1.56 bits per heavy atom. The molecule has 6 nitrogen and oxygen atoms in total. The van der Waals surface area contributed by atoms with Crippen LogP contribution in [0.4, 0.5) is 0 Å². The summed E-state index contributed by atoms with van der Waals surface area (Å²) in [6.07, 6.45) is 23.7. The van der Waals surface area contributed by atoms with E-state index in [4.69, 9.17) is 19.3 Å². The Bertz CT molecular complexity index is 485. The van der Waals surface area contributed by atoms with Crippen molar-refractivity contribution in [3.63, 3.8) is 0 Å². The Morgan fingerprint density at radius 1 is 0.912 bits per heavy atom. The van der Waals surface area contributed by atoms with E-state index >= 15 is 0 Å². The maximum atomic E-state index is 12.0. The first-order valence-electron chi connectivity index (χ1n) is 14.1. The maximum absolute atomic E-state index is 12.0. The molecule has 1 heterocycles. The van der Waals surface area contributed by atoms with E-state index in [1.54, 1.807) is 0 Å². The maximum Gasteiger partial charge on any atom is 0.305 e. The van der Waals surface area contributed by atoms with Gasteiger partial charge in [0, 0.05) is 19.5 Å². The second-order valence-corrected chi connectivity index (χ2v) is 9.51. The van der Waals surface area contributed by atoms with Crippen LogP contribution >= 0.6 is 0 Å². The van der Waals surface area contributed by atoms with E-state index in [1.165, 1.54) is 70.6 Å². The van der Waals surface area contributed by atoms with E-state index in [9.17, 15) is 4.79 Å². The zero-order valence-electron chi connectivity index (χ0n) is 21.9. The Kier molecular flexibility index (Phi) is 21.7. The first-order valence-corrected chi connectivity index (χ1v) is 14.1. The molecule has 0 radical (unpaired) electrons. The molecule has 1 fully saturated rings. The van der Waals surface area contributed by atoms with Crippen LogP contribution in [0, 0.1) is 0 Å². The largest absolute Gasteiger partial charge is 0.463 e. The van der Waals surface area contributed by atoms with Gasteiger partial charge in [0.25, 0.3) is 0 Å². The van der Waals surface area contributed by atoms with Crippen molar-refractivity contribution in [1.29, 1.82) is 0 Å². The van der Waals surface area contributed by atoms with Crippen LogP contribution in [0.1, 0.15) is 110 Å². The minimum atomic E-state index is -0.0937. The number of hydrogen-bond acceptors (Lipinski definition) is 6. The monoisotopic (exact) mass is 483 g/mol. The number of allylic oxidation sites excluding steroid dienone is 2. The number of rotatable bonds is 24. The molecule has 1 aliphatic heterocycles. The molecule has 1 aliphatic rings. The van der Waals surface area contributed by atoms with Gasteiger partial charge >= 0.3 is 5.97 Å². The van der Waals surface area contributed by atoms with Gasteiger partial charge in [-0.25, -0.2) is 0 Å². The van der Waals surface area contributed by atoms with Gasteiger partial charge in [0.1, 0.15) is 6.61 Å². The number of aliphatic hydroxyl groups excluding tert-OH is 1. The van der Waals surface area contributed by atoms with Gasteiger partial charge in [0.2, 0.25) is 0 Å². The highest BCUT2D eigenvalue weighted by Gasteiger charge is 2.25. The van der Waals surface area contributed by atoms with Crippen molar-refractivity contribution < 1.29 is 24.1 Å². The molecule has 0 unspecified atom stereocenters. The summed E-state index contributed by atoms with van der Waals surface area (Å²) in [5.41, 5.74) is 0. The Balaban J connectivity index is 1.84. The predicted molar refractivity (Wildman–Crippen MR) is 139 cm³/mol. The third-order valence-corrected chi connectivity index (χ3v) is 6.30. The summed E-state index contributed by atoms with van der Waals surface area (Å²) in [6.45, 7) is 5.19. The molecule has 0 saturated carbocycles. The van der Waals surface area contributed by atoms with Crippen molar-refractivity contribution in [2.24, 2.45) is 0 Å². The van der Waals surface area contributed by atoms with Gasteiger partial charge < -0.3 is 24.6 Å². The van der Waals surface area contributed by atoms with Crippen molar-refractivity contribution >= 4 is 5.97 Å². The number of unbranched alkanes of at least 4 members (excludes halogenated alkanes) is 11. The average molecular weight is 484 g/mol. The summed E-state index contributed by atoms with van der Waals surface area (Å²) in [6, 6.07) is 0. The van der Waals surface area contributed by atoms with Gasteiger partial charge in [-0.1, -0.05) is 70.4 Å². The summed E-state index contributed by atoms with van der Waals surface area (Å²) in [4.78, 5) is 12.0. The SMILES string of the molecule is CCCCCCCCC=CCCCCCCCC(=O)OC[C@@H]1CC[C@H](CNCCOCCO)O1. The summed E-state index contributed by atoms with van der Waals surface area (Å²) < 4.78 is 16.6. The van der Waals surface area contributed by atoms with Crippen LogP contribution in [0.15, 0.2) is 12.2 Å². The first kappa shape index (κ1) is 31.1. The lowest BCUT2D eigenvalue weighted by Gasteiger charge is -2.14. The molecule has 0 amide bonds. The zero-order valence-corrected chi connectivity index (χ0v) is 21.9. The van der Waals surface area contributed by atoms with Crippen LogP contribution in [0.3, 0.4) is 0 Å². The minimum absolute atomic E-state index is 0.0236. The molecule has 1 rings (SSSR count). The molecule has 1 saturated heterocycles. The van der Waals surface area contributed by atoms with Gasteiger partial charge in [0.15, 0.2) is 0 Å². The molecule has 2 N–H and O–H groups in total. The smallest absolute Gasteiger partial charge is 0.305 e. The fourth-order valence-electron chi connectivity index (χ4n) is 4.22. The third kappa shape index (κ3) is 19.4. The third-order valence-electron chi connectivity index (χ3n) is 6.30. The quantitative estimate of drug-likeness (QED) is 0.104. The minimum Gasteiger partial charge on any atom is -0.463 e. The van der Waals surface area contributed by atoms with Crippen LogP contribution in [-0.2, 0) is 19.0 Å². The van der Waals surface area contributed by atoms with Gasteiger partial charge in [-0.3, -0.25) is 4.79 Å². The van der Waals surface area contributed by atoms with Crippen molar-refractivity contribution in [2.75, 3.05) is 39.5 Å². The lowest BCUT2D eigenvalue weighted by atomic mass is 10.1. The van der Waals surface area contributed by atoms with Crippen LogP contribution < -0.4 is 5.32 Å². The van der Waals surface area contributed by atoms with Crippen LogP contribution in [0.5, 0.6) is 0 Å². The van der Waals surface area contributed by atoms with Gasteiger partial charge in [-0.15, -0.1) is 0 Å². The van der Waals surface area contributed by atoms with Crippen LogP contribution in [0.25, 0.3) is 0 Å². The molecule has 0 aromatic carbocycles. The van der Waals surface area contributed by atoms with E-state index in [1.807, 2.05) is 0 Å². The molecular weight excluding hydrogens is 430 g/mol. The lowest BCUT2D eigenvalue weighted by molar-refractivity contribution is -0.147. The molecule has 0 aromatic rings. The van der Waals surface area contributed by atoms with Gasteiger partial charge in [-0.2, -0.15) is 0 Å². The van der Waals surface area contributed by atoms with Crippen molar-refractivity contribution in [3.8, 4) is 0 Å². The fraction of sp³-hybridized carbons (Fsp3) is 0.893. The average Bonchev–Trinajstić information content (AvgIpc) is 3.30. The number of carbonyl (C=O) groups is 1. The van der Waals surface area contributed by atoms with Gasteiger partial charge in [-0.05, 0) is 44.9 Å². The second-order valence-electron chi connectivity index (χ2n) is 9.51. The highest BCUT2D eigenvalue weighted by molar-refractivity contribution is 5.69. The molecule has 34 heavy (non-hydrogen) atoms. The van der Waals surface area contributed by atoms with Crippen molar-refractivity contribution in [3.05, 3.63) is 12.2 Å². The Labute approximate surface area is 209 Å². The number of esters is 1. The molecule has 6 heteroatoms. The lowest BCUT2D eigenvalue weighted by Crippen LogP contribution is -2.30. The number of hydrogen-bond donors (Lipinski definition) is 2. The molecular formula is C28H53NO5. The predicted octanol–water partition coefficient (Wildman–Crippen LogP) is 5.71. The molecule has 200 valence electrons. The summed E-state index contributed by atoms with van der Waals surface area (Å²) in [5.74, 6) is -0.0937. The van der Waals surface area contributed by atoms with E-state index in [0.29, 0.717) is 26.2 Å². The van der Waals surface area contributed by atoms with Gasteiger partial charge in [0.05, 0.1) is 32.0 Å². The zero-order chi connectivity index (χ0) is 24.5. The second kappa shape index (κ2) is 23.8. The Hall–Kier alpha value is -0.950. The number of aliphatic hydroxyl groups is 1. The topological polar surface area (TPSA) is 77.0 Å². The standard InChI is InChI=1S/C28H53NO5/c1-2-3-4-5-6-7-8-9-10-11-12-13-14-15-16-17-28(31)33-25-27-19-18-26(34-27)24-29-20-22-32-23-21-30/h9-10,26-27,29-30H,2-8,11-25H2,1H3/t26-,27+/m1/s1. The molecule has 0 aliphatic carbocycles.